The van der Waals surface area contributed by atoms with Gasteiger partial charge in [-0.2, -0.15) is 0 Å². The molecule has 92 valence electrons. The van der Waals surface area contributed by atoms with Gasteiger partial charge in [-0.3, -0.25) is 4.72 Å². The van der Waals surface area contributed by atoms with Crippen LogP contribution >= 0.6 is 11.9 Å². The number of hydrogen-bond acceptors (Lipinski definition) is 4. The van der Waals surface area contributed by atoms with Gasteiger partial charge in [-0.05, 0) is 13.0 Å². The smallest absolute Gasteiger partial charge is 0.0600 e. The maximum absolute atomic E-state index is 5.48. The van der Waals surface area contributed by atoms with Gasteiger partial charge in [0, 0.05) is 24.4 Å². The molecule has 0 spiro atoms. The predicted octanol–water partition coefficient (Wildman–Crippen LogP) is 2.04. The standard InChI is InChI=1S/C11H26N2OS/c1-10(2)12-6-5-8-14-9-7-13-15-11(3)4/h10-13H,5-9H2,1-4H3. The van der Waals surface area contributed by atoms with Crippen molar-refractivity contribution < 1.29 is 4.74 Å². The Balaban J connectivity index is 2.93. The second-order valence-electron chi connectivity index (χ2n) is 4.14. The van der Waals surface area contributed by atoms with E-state index in [9.17, 15) is 0 Å². The fourth-order valence-corrected chi connectivity index (χ4v) is 1.54. The average Bonchev–Trinajstić information content (AvgIpc) is 2.14. The van der Waals surface area contributed by atoms with Crippen LogP contribution in [0.15, 0.2) is 0 Å². The Hall–Kier alpha value is 0.230. The quantitative estimate of drug-likeness (QED) is 0.448. The second kappa shape index (κ2) is 10.7. The first-order chi connectivity index (χ1) is 7.13. The summed E-state index contributed by atoms with van der Waals surface area (Å²) in [6.45, 7) is 12.3. The van der Waals surface area contributed by atoms with E-state index in [1.54, 1.807) is 11.9 Å². The molecule has 3 nitrogen and oxygen atoms in total. The zero-order valence-corrected chi connectivity index (χ0v) is 11.3. The Bertz CT molecular complexity index is 118. The molecule has 0 aromatic rings. The zero-order chi connectivity index (χ0) is 11.5. The molecule has 2 N–H and O–H groups in total. The molecule has 0 aromatic heterocycles. The molecule has 0 bridgehead atoms. The molecule has 0 saturated carbocycles. The zero-order valence-electron chi connectivity index (χ0n) is 10.5. The van der Waals surface area contributed by atoms with E-state index in [1.807, 2.05) is 0 Å². The van der Waals surface area contributed by atoms with Gasteiger partial charge in [0.25, 0.3) is 0 Å². The molecule has 0 aliphatic rings. The van der Waals surface area contributed by atoms with E-state index in [0.717, 1.165) is 32.7 Å². The minimum atomic E-state index is 0.578. The van der Waals surface area contributed by atoms with Crippen molar-refractivity contribution in [2.24, 2.45) is 0 Å². The van der Waals surface area contributed by atoms with Crippen molar-refractivity contribution in [3.63, 3.8) is 0 Å². The van der Waals surface area contributed by atoms with E-state index in [0.29, 0.717) is 11.3 Å². The lowest BCUT2D eigenvalue weighted by Crippen LogP contribution is -2.24. The summed E-state index contributed by atoms with van der Waals surface area (Å²) < 4.78 is 8.75. The van der Waals surface area contributed by atoms with E-state index in [4.69, 9.17) is 4.74 Å². The molecular formula is C11H26N2OS. The number of nitrogens with one attached hydrogen (secondary N) is 2. The summed E-state index contributed by atoms with van der Waals surface area (Å²) in [5.74, 6) is 0. The molecule has 0 radical (unpaired) electrons. The van der Waals surface area contributed by atoms with Crippen LogP contribution in [0.2, 0.25) is 0 Å². The van der Waals surface area contributed by atoms with Gasteiger partial charge in [0.15, 0.2) is 0 Å². The Labute approximate surface area is 98.9 Å². The third-order valence-electron chi connectivity index (χ3n) is 1.69. The van der Waals surface area contributed by atoms with Gasteiger partial charge in [-0.1, -0.05) is 39.6 Å². The van der Waals surface area contributed by atoms with Crippen LogP contribution < -0.4 is 10.0 Å². The summed E-state index contributed by atoms with van der Waals surface area (Å²) in [6, 6.07) is 0.578. The third kappa shape index (κ3) is 14.2. The summed E-state index contributed by atoms with van der Waals surface area (Å²) in [7, 11) is 0. The largest absolute Gasteiger partial charge is 0.380 e. The van der Waals surface area contributed by atoms with Crippen molar-refractivity contribution in [3.8, 4) is 0 Å². The molecule has 0 aliphatic heterocycles. The van der Waals surface area contributed by atoms with Gasteiger partial charge in [0.05, 0.1) is 6.61 Å². The highest BCUT2D eigenvalue weighted by Crippen LogP contribution is 2.01. The van der Waals surface area contributed by atoms with Crippen LogP contribution in [0.25, 0.3) is 0 Å². The molecule has 0 unspecified atom stereocenters. The van der Waals surface area contributed by atoms with Gasteiger partial charge in [-0.25, -0.2) is 0 Å². The molecule has 0 fully saturated rings. The summed E-state index contributed by atoms with van der Waals surface area (Å²) in [6.07, 6.45) is 1.09. The van der Waals surface area contributed by atoms with Gasteiger partial charge >= 0.3 is 0 Å². The molecule has 0 rings (SSSR count). The topological polar surface area (TPSA) is 33.3 Å². The maximum Gasteiger partial charge on any atom is 0.0600 e. The first kappa shape index (κ1) is 15.2. The molecule has 0 aromatic carbocycles. The Morgan fingerprint density at radius 3 is 2.40 bits per heavy atom. The van der Waals surface area contributed by atoms with Crippen molar-refractivity contribution in [1.82, 2.24) is 10.0 Å². The summed E-state index contributed by atoms with van der Waals surface area (Å²) in [4.78, 5) is 0. The van der Waals surface area contributed by atoms with Crippen LogP contribution in [0.3, 0.4) is 0 Å². The SMILES string of the molecule is CC(C)NCCCOCCNSC(C)C. The first-order valence-corrected chi connectivity index (χ1v) is 6.70. The van der Waals surface area contributed by atoms with Crippen LogP contribution in [0.5, 0.6) is 0 Å². The number of ether oxygens (including phenoxy) is 1. The summed E-state index contributed by atoms with van der Waals surface area (Å²) in [5.41, 5.74) is 0. The van der Waals surface area contributed by atoms with Crippen molar-refractivity contribution in [2.75, 3.05) is 26.3 Å². The maximum atomic E-state index is 5.48. The van der Waals surface area contributed by atoms with Gasteiger partial charge in [0.1, 0.15) is 0 Å². The lowest BCUT2D eigenvalue weighted by atomic mass is 10.3. The second-order valence-corrected chi connectivity index (χ2v) is 5.60. The summed E-state index contributed by atoms with van der Waals surface area (Å²) in [5, 5.41) is 4.00. The summed E-state index contributed by atoms with van der Waals surface area (Å²) >= 11 is 1.76. The fraction of sp³-hybridized carbons (Fsp3) is 1.00. The van der Waals surface area contributed by atoms with E-state index in [2.05, 4.69) is 37.7 Å². The highest BCUT2D eigenvalue weighted by atomic mass is 32.2. The minimum Gasteiger partial charge on any atom is -0.380 e. The first-order valence-electron chi connectivity index (χ1n) is 5.82. The van der Waals surface area contributed by atoms with Crippen molar-refractivity contribution in [2.45, 2.75) is 45.4 Å². The molecule has 0 aliphatic carbocycles. The van der Waals surface area contributed by atoms with Crippen molar-refractivity contribution in [1.29, 1.82) is 0 Å². The third-order valence-corrected chi connectivity index (χ3v) is 2.53. The van der Waals surface area contributed by atoms with E-state index in [1.165, 1.54) is 0 Å². The fourth-order valence-electron chi connectivity index (χ4n) is 1.01. The monoisotopic (exact) mass is 234 g/mol. The highest BCUT2D eigenvalue weighted by Gasteiger charge is 1.94. The van der Waals surface area contributed by atoms with E-state index < -0.39 is 0 Å². The van der Waals surface area contributed by atoms with Crippen LogP contribution in [0.1, 0.15) is 34.1 Å². The minimum absolute atomic E-state index is 0.578. The lowest BCUT2D eigenvalue weighted by molar-refractivity contribution is 0.136. The molecule has 0 saturated heterocycles. The van der Waals surface area contributed by atoms with Crippen LogP contribution in [0, 0.1) is 0 Å². The molecule has 0 amide bonds. The highest BCUT2D eigenvalue weighted by molar-refractivity contribution is 7.97. The van der Waals surface area contributed by atoms with Crippen LogP contribution in [-0.4, -0.2) is 37.6 Å². The Morgan fingerprint density at radius 1 is 1.07 bits per heavy atom. The van der Waals surface area contributed by atoms with E-state index >= 15 is 0 Å². The van der Waals surface area contributed by atoms with Crippen molar-refractivity contribution in [3.05, 3.63) is 0 Å². The Kier molecular flexibility index (Phi) is 10.9. The lowest BCUT2D eigenvalue weighted by Gasteiger charge is -2.09. The van der Waals surface area contributed by atoms with Gasteiger partial charge in [-0.15, -0.1) is 0 Å². The molecular weight excluding hydrogens is 208 g/mol. The molecule has 0 atom stereocenters. The van der Waals surface area contributed by atoms with Gasteiger partial charge in [0.2, 0.25) is 0 Å². The van der Waals surface area contributed by atoms with Crippen LogP contribution in [-0.2, 0) is 4.74 Å². The van der Waals surface area contributed by atoms with Crippen LogP contribution in [0.4, 0.5) is 0 Å². The number of rotatable bonds is 10. The molecule has 0 heterocycles. The Morgan fingerprint density at radius 2 is 1.80 bits per heavy atom. The predicted molar refractivity (Wildman–Crippen MR) is 69.3 cm³/mol. The molecule has 4 heteroatoms. The van der Waals surface area contributed by atoms with Gasteiger partial charge < -0.3 is 10.1 Å². The van der Waals surface area contributed by atoms with E-state index in [-0.39, 0.29) is 0 Å². The van der Waals surface area contributed by atoms with Crippen molar-refractivity contribution >= 4 is 11.9 Å². The molecule has 15 heavy (non-hydrogen) atoms. The normalized spacial score (nSPS) is 11.6. The number of hydrogen-bond donors (Lipinski definition) is 2. The average molecular weight is 234 g/mol.